The van der Waals surface area contributed by atoms with Gasteiger partial charge in [0.25, 0.3) is 0 Å². The molecule has 0 aliphatic carbocycles. The molecule has 2 heterocycles. The van der Waals surface area contributed by atoms with Gasteiger partial charge in [0.15, 0.2) is 0 Å². The third kappa shape index (κ3) is 6.72. The van der Waals surface area contributed by atoms with Crippen molar-refractivity contribution in [1.29, 1.82) is 0 Å². The SMILES string of the molecule is CC1CN(CC2CCCN2C(=O)CNC(=O)CN)CC(C)O1.Cl.Cl. The zero-order valence-electron chi connectivity index (χ0n) is 14.4. The van der Waals surface area contributed by atoms with E-state index in [2.05, 4.69) is 24.1 Å². The molecule has 0 radical (unpaired) electrons. The van der Waals surface area contributed by atoms with Gasteiger partial charge < -0.3 is 20.7 Å². The van der Waals surface area contributed by atoms with Gasteiger partial charge in [-0.2, -0.15) is 0 Å². The van der Waals surface area contributed by atoms with Crippen LogP contribution in [0.2, 0.25) is 0 Å². The average Bonchev–Trinajstić information content (AvgIpc) is 2.91. The fourth-order valence-corrected chi connectivity index (χ4v) is 3.43. The molecule has 2 saturated heterocycles. The molecule has 2 amide bonds. The molecule has 2 rings (SSSR count). The van der Waals surface area contributed by atoms with E-state index in [-0.39, 0.29) is 68.0 Å². The molecule has 2 aliphatic rings. The molecular formula is C15H30Cl2N4O3. The van der Waals surface area contributed by atoms with Crippen LogP contribution in [0, 0.1) is 0 Å². The fraction of sp³-hybridized carbons (Fsp3) is 0.867. The molecule has 0 aromatic carbocycles. The standard InChI is InChI=1S/C15H28N4O3.2ClH/c1-11-8-18(9-12(2)22-11)10-13-4-3-5-19(13)15(21)7-17-14(20)6-16;;/h11-13H,3-10,16H2,1-2H3,(H,17,20);2*1H. The van der Waals surface area contributed by atoms with Crippen LogP contribution in [0.4, 0.5) is 0 Å². The molecule has 142 valence electrons. The highest BCUT2D eigenvalue weighted by Gasteiger charge is 2.32. The van der Waals surface area contributed by atoms with E-state index in [9.17, 15) is 9.59 Å². The Morgan fingerprint density at radius 2 is 1.83 bits per heavy atom. The number of nitrogens with zero attached hydrogens (tertiary/aromatic N) is 2. The van der Waals surface area contributed by atoms with Crippen LogP contribution in [-0.4, -0.2) is 79.1 Å². The molecule has 3 atom stereocenters. The summed E-state index contributed by atoms with van der Waals surface area (Å²) >= 11 is 0. The number of rotatable bonds is 5. The summed E-state index contributed by atoms with van der Waals surface area (Å²) in [7, 11) is 0. The van der Waals surface area contributed by atoms with E-state index < -0.39 is 0 Å². The van der Waals surface area contributed by atoms with Crippen LogP contribution in [0.5, 0.6) is 0 Å². The normalized spacial score (nSPS) is 27.1. The minimum absolute atomic E-state index is 0. The smallest absolute Gasteiger partial charge is 0.242 e. The van der Waals surface area contributed by atoms with Crippen molar-refractivity contribution < 1.29 is 14.3 Å². The molecule has 24 heavy (non-hydrogen) atoms. The first kappa shape index (κ1) is 23.4. The number of nitrogens with one attached hydrogen (secondary N) is 1. The molecule has 2 aliphatic heterocycles. The summed E-state index contributed by atoms with van der Waals surface area (Å²) in [6.07, 6.45) is 2.52. The second-order valence-electron chi connectivity index (χ2n) is 6.34. The lowest BCUT2D eigenvalue weighted by atomic mass is 10.1. The van der Waals surface area contributed by atoms with Gasteiger partial charge in [0.2, 0.25) is 11.8 Å². The second-order valence-corrected chi connectivity index (χ2v) is 6.34. The lowest BCUT2D eigenvalue weighted by Gasteiger charge is -2.38. The Hall–Kier alpha value is -0.600. The van der Waals surface area contributed by atoms with Crippen molar-refractivity contribution in [3.05, 3.63) is 0 Å². The molecule has 3 unspecified atom stereocenters. The number of ether oxygens (including phenoxy) is 1. The van der Waals surface area contributed by atoms with Gasteiger partial charge in [-0.3, -0.25) is 14.5 Å². The van der Waals surface area contributed by atoms with Crippen LogP contribution in [0.25, 0.3) is 0 Å². The van der Waals surface area contributed by atoms with Crippen molar-refractivity contribution in [1.82, 2.24) is 15.1 Å². The van der Waals surface area contributed by atoms with E-state index in [1.54, 1.807) is 0 Å². The lowest BCUT2D eigenvalue weighted by molar-refractivity contribution is -0.134. The van der Waals surface area contributed by atoms with Crippen molar-refractivity contribution in [2.24, 2.45) is 5.73 Å². The van der Waals surface area contributed by atoms with Crippen LogP contribution in [-0.2, 0) is 14.3 Å². The van der Waals surface area contributed by atoms with E-state index >= 15 is 0 Å². The summed E-state index contributed by atoms with van der Waals surface area (Å²) in [5.41, 5.74) is 5.23. The van der Waals surface area contributed by atoms with Crippen LogP contribution in [0.15, 0.2) is 0 Å². The maximum atomic E-state index is 12.3. The minimum atomic E-state index is -0.292. The first-order valence-corrected chi connectivity index (χ1v) is 8.13. The third-order valence-corrected chi connectivity index (χ3v) is 4.28. The number of hydrogen-bond donors (Lipinski definition) is 2. The Labute approximate surface area is 156 Å². The molecule has 0 spiro atoms. The molecule has 0 bridgehead atoms. The quantitative estimate of drug-likeness (QED) is 0.696. The Morgan fingerprint density at radius 3 is 2.42 bits per heavy atom. The summed E-state index contributed by atoms with van der Waals surface area (Å²) in [4.78, 5) is 27.7. The second kappa shape index (κ2) is 11.1. The molecule has 0 aromatic heterocycles. The maximum absolute atomic E-state index is 12.3. The van der Waals surface area contributed by atoms with Crippen molar-refractivity contribution in [3.63, 3.8) is 0 Å². The Morgan fingerprint density at radius 1 is 1.21 bits per heavy atom. The fourth-order valence-electron chi connectivity index (χ4n) is 3.43. The molecular weight excluding hydrogens is 355 g/mol. The van der Waals surface area contributed by atoms with Gasteiger partial charge in [-0.25, -0.2) is 0 Å². The highest BCUT2D eigenvalue weighted by molar-refractivity contribution is 5.86. The first-order valence-electron chi connectivity index (χ1n) is 8.13. The molecule has 3 N–H and O–H groups in total. The molecule has 9 heteroatoms. The Balaban J connectivity index is 0.00000264. The lowest BCUT2D eigenvalue weighted by Crippen LogP contribution is -2.52. The van der Waals surface area contributed by atoms with Crippen molar-refractivity contribution in [2.45, 2.75) is 44.9 Å². The van der Waals surface area contributed by atoms with E-state index in [1.165, 1.54) is 0 Å². The number of amides is 2. The van der Waals surface area contributed by atoms with Gasteiger partial charge in [-0.1, -0.05) is 0 Å². The number of carbonyl (C=O) groups excluding carboxylic acids is 2. The van der Waals surface area contributed by atoms with E-state index in [1.807, 2.05) is 4.90 Å². The van der Waals surface area contributed by atoms with Crippen molar-refractivity contribution in [3.8, 4) is 0 Å². The average molecular weight is 385 g/mol. The molecule has 7 nitrogen and oxygen atoms in total. The molecule has 2 fully saturated rings. The largest absolute Gasteiger partial charge is 0.373 e. The topological polar surface area (TPSA) is 87.9 Å². The molecule has 0 aromatic rings. The summed E-state index contributed by atoms with van der Waals surface area (Å²) < 4.78 is 5.75. The minimum Gasteiger partial charge on any atom is -0.373 e. The monoisotopic (exact) mass is 384 g/mol. The van der Waals surface area contributed by atoms with Crippen LogP contribution in [0.3, 0.4) is 0 Å². The third-order valence-electron chi connectivity index (χ3n) is 4.28. The number of morpholine rings is 1. The zero-order chi connectivity index (χ0) is 16.1. The van der Waals surface area contributed by atoms with E-state index in [0.29, 0.717) is 0 Å². The van der Waals surface area contributed by atoms with Gasteiger partial charge >= 0.3 is 0 Å². The van der Waals surface area contributed by atoms with Gasteiger partial charge in [-0.05, 0) is 26.7 Å². The first-order chi connectivity index (χ1) is 10.5. The summed E-state index contributed by atoms with van der Waals surface area (Å²) in [6.45, 7) is 7.61. The highest BCUT2D eigenvalue weighted by atomic mass is 35.5. The summed E-state index contributed by atoms with van der Waals surface area (Å²) in [6, 6.07) is 0.236. The maximum Gasteiger partial charge on any atom is 0.242 e. The Kier molecular flexibility index (Phi) is 10.8. The summed E-state index contributed by atoms with van der Waals surface area (Å²) in [5, 5.41) is 2.56. The van der Waals surface area contributed by atoms with Gasteiger partial charge in [0.05, 0.1) is 25.3 Å². The summed E-state index contributed by atoms with van der Waals surface area (Å²) in [5.74, 6) is -0.307. The van der Waals surface area contributed by atoms with E-state index in [4.69, 9.17) is 10.5 Å². The number of halogens is 2. The predicted octanol–water partition coefficient (Wildman–Crippen LogP) is 0.00510. The number of likely N-dealkylation sites (tertiary alicyclic amines) is 1. The van der Waals surface area contributed by atoms with Crippen LogP contribution in [0.1, 0.15) is 26.7 Å². The molecule has 0 saturated carbocycles. The Bertz CT molecular complexity index is 404. The van der Waals surface area contributed by atoms with Gasteiger partial charge in [0.1, 0.15) is 0 Å². The van der Waals surface area contributed by atoms with Crippen LogP contribution >= 0.6 is 24.8 Å². The van der Waals surface area contributed by atoms with Gasteiger partial charge in [0, 0.05) is 32.2 Å². The number of carbonyl (C=O) groups is 2. The predicted molar refractivity (Wildman–Crippen MR) is 97.7 cm³/mol. The number of hydrogen-bond acceptors (Lipinski definition) is 5. The zero-order valence-corrected chi connectivity index (χ0v) is 16.0. The van der Waals surface area contributed by atoms with Gasteiger partial charge in [-0.15, -0.1) is 24.8 Å². The van der Waals surface area contributed by atoms with Crippen LogP contribution < -0.4 is 11.1 Å². The number of nitrogens with two attached hydrogens (primary N) is 1. The van der Waals surface area contributed by atoms with E-state index in [0.717, 1.165) is 39.0 Å². The highest BCUT2D eigenvalue weighted by Crippen LogP contribution is 2.20. The van der Waals surface area contributed by atoms with Crippen molar-refractivity contribution in [2.75, 3.05) is 39.3 Å². The van der Waals surface area contributed by atoms with Crippen molar-refractivity contribution >= 4 is 36.6 Å².